The third kappa shape index (κ3) is 4.06. The Morgan fingerprint density at radius 2 is 1.54 bits per heavy atom. The van der Waals surface area contributed by atoms with Crippen LogP contribution >= 0.6 is 0 Å². The fourth-order valence-corrected chi connectivity index (χ4v) is 5.81. The molecule has 1 amide bonds. The van der Waals surface area contributed by atoms with Gasteiger partial charge in [-0.1, -0.05) is 18.2 Å². The Hall–Kier alpha value is -2.40. The standard InChI is InChI=1S/C23H23F8NO3/c24-20(8-5-12(6-9-20)18(33)34)19(35)32-10-7-16-15-3-2-14(11-13(15)1-4-17(16)32)21(25,22(26,27)28)23(29,30)31/h2-3,11-12,16-17H,1,4-10H2,(H,33,34)/t12?,16-,17+,20?/m0/s1. The van der Waals surface area contributed by atoms with E-state index in [4.69, 9.17) is 5.11 Å². The topological polar surface area (TPSA) is 57.6 Å². The number of benzene rings is 1. The van der Waals surface area contributed by atoms with Gasteiger partial charge in [0.2, 0.25) is 0 Å². The lowest BCUT2D eigenvalue weighted by atomic mass is 9.76. The maximum atomic E-state index is 15.5. The molecule has 0 radical (unpaired) electrons. The Morgan fingerprint density at radius 3 is 2.09 bits per heavy atom. The molecule has 1 N–H and O–H groups in total. The molecule has 1 aromatic rings. The van der Waals surface area contributed by atoms with E-state index in [-0.39, 0.29) is 50.6 Å². The van der Waals surface area contributed by atoms with Gasteiger partial charge in [0.25, 0.3) is 5.91 Å². The van der Waals surface area contributed by atoms with Crippen molar-refractivity contribution in [3.63, 3.8) is 0 Å². The summed E-state index contributed by atoms with van der Waals surface area (Å²) in [5, 5.41) is 9.10. The highest BCUT2D eigenvalue weighted by Gasteiger charge is 2.73. The highest BCUT2D eigenvalue weighted by Crippen LogP contribution is 2.54. The SMILES string of the molecule is O=C(O)C1CCC(F)(C(=O)N2CC[C@H]3c4ccc(C(F)(C(F)(F)F)C(F)(F)F)cc4CC[C@H]32)CC1. The number of fused-ring (bicyclic) bond motifs is 3. The van der Waals surface area contributed by atoms with Gasteiger partial charge in [-0.3, -0.25) is 9.59 Å². The molecule has 0 aromatic heterocycles. The summed E-state index contributed by atoms with van der Waals surface area (Å²) in [6, 6.07) is 1.63. The van der Waals surface area contributed by atoms with E-state index in [0.717, 1.165) is 6.07 Å². The molecule has 1 aromatic carbocycles. The minimum absolute atomic E-state index is 0.000286. The van der Waals surface area contributed by atoms with Crippen molar-refractivity contribution in [2.75, 3.05) is 6.54 Å². The average Bonchev–Trinajstić information content (AvgIpc) is 3.20. The van der Waals surface area contributed by atoms with E-state index in [0.29, 0.717) is 24.1 Å². The van der Waals surface area contributed by atoms with Gasteiger partial charge in [-0.25, -0.2) is 8.78 Å². The zero-order valence-electron chi connectivity index (χ0n) is 18.4. The molecule has 0 spiro atoms. The molecule has 35 heavy (non-hydrogen) atoms. The minimum Gasteiger partial charge on any atom is -0.481 e. The summed E-state index contributed by atoms with van der Waals surface area (Å²) >= 11 is 0. The molecule has 2 atom stereocenters. The number of aryl methyl sites for hydroxylation is 1. The van der Waals surface area contributed by atoms with Crippen LogP contribution in [-0.4, -0.2) is 52.5 Å². The smallest absolute Gasteiger partial charge is 0.435 e. The van der Waals surface area contributed by atoms with E-state index in [1.807, 2.05) is 0 Å². The maximum absolute atomic E-state index is 15.5. The van der Waals surface area contributed by atoms with E-state index in [1.54, 1.807) is 0 Å². The van der Waals surface area contributed by atoms with Gasteiger partial charge in [0.1, 0.15) is 0 Å². The predicted octanol–water partition coefficient (Wildman–Crippen LogP) is 5.59. The second-order valence-corrected chi connectivity index (χ2v) is 9.65. The van der Waals surface area contributed by atoms with Gasteiger partial charge in [-0.15, -0.1) is 0 Å². The second kappa shape index (κ2) is 8.33. The number of carbonyl (C=O) groups excluding carboxylic acids is 1. The molecule has 1 saturated carbocycles. The van der Waals surface area contributed by atoms with Gasteiger partial charge in [0.15, 0.2) is 5.67 Å². The maximum Gasteiger partial charge on any atom is 0.435 e. The number of hydrogen-bond acceptors (Lipinski definition) is 2. The van der Waals surface area contributed by atoms with Crippen LogP contribution in [0.25, 0.3) is 0 Å². The molecule has 1 heterocycles. The van der Waals surface area contributed by atoms with Gasteiger partial charge in [-0.2, -0.15) is 26.3 Å². The van der Waals surface area contributed by atoms with Crippen molar-refractivity contribution < 1.29 is 49.8 Å². The van der Waals surface area contributed by atoms with Crippen molar-refractivity contribution in [3.05, 3.63) is 34.9 Å². The number of amides is 1. The third-order valence-electron chi connectivity index (χ3n) is 7.75. The Labute approximate surface area is 195 Å². The molecule has 1 aliphatic heterocycles. The number of likely N-dealkylation sites (tertiary alicyclic amines) is 1. The molecule has 2 fully saturated rings. The van der Waals surface area contributed by atoms with Crippen LogP contribution in [0.1, 0.15) is 61.1 Å². The van der Waals surface area contributed by atoms with Gasteiger partial charge >= 0.3 is 24.0 Å². The number of rotatable bonds is 3. The normalized spacial score (nSPS) is 29.5. The molecule has 0 unspecified atom stereocenters. The highest BCUT2D eigenvalue weighted by molar-refractivity contribution is 5.86. The van der Waals surface area contributed by atoms with E-state index in [9.17, 15) is 40.3 Å². The Bertz CT molecular complexity index is 999. The lowest BCUT2D eigenvalue weighted by Crippen LogP contribution is -2.51. The average molecular weight is 513 g/mol. The minimum atomic E-state index is -6.21. The Morgan fingerprint density at radius 1 is 0.943 bits per heavy atom. The first-order valence-corrected chi connectivity index (χ1v) is 11.3. The molecule has 0 bridgehead atoms. The fourth-order valence-electron chi connectivity index (χ4n) is 5.81. The third-order valence-corrected chi connectivity index (χ3v) is 7.75. The zero-order valence-corrected chi connectivity index (χ0v) is 18.4. The van der Waals surface area contributed by atoms with Crippen LogP contribution in [-0.2, 0) is 21.7 Å². The monoisotopic (exact) mass is 513 g/mol. The summed E-state index contributed by atoms with van der Waals surface area (Å²) in [6.45, 7) is 0.154. The van der Waals surface area contributed by atoms with Gasteiger partial charge in [0.05, 0.1) is 5.92 Å². The van der Waals surface area contributed by atoms with Crippen LogP contribution < -0.4 is 0 Å². The van der Waals surface area contributed by atoms with Gasteiger partial charge in [0, 0.05) is 24.1 Å². The molecule has 4 rings (SSSR count). The van der Waals surface area contributed by atoms with E-state index in [2.05, 4.69) is 0 Å². The number of alkyl halides is 8. The zero-order chi connectivity index (χ0) is 26.0. The first-order valence-electron chi connectivity index (χ1n) is 11.3. The van der Waals surface area contributed by atoms with Crippen LogP contribution in [0.5, 0.6) is 0 Å². The molecule has 12 heteroatoms. The van der Waals surface area contributed by atoms with Gasteiger partial charge in [-0.05, 0) is 56.1 Å². The predicted molar refractivity (Wildman–Crippen MR) is 106 cm³/mol. The Kier molecular flexibility index (Phi) is 6.11. The van der Waals surface area contributed by atoms with Crippen molar-refractivity contribution in [2.45, 2.75) is 80.6 Å². The number of carbonyl (C=O) groups is 2. The Balaban J connectivity index is 1.57. The van der Waals surface area contributed by atoms with Crippen molar-refractivity contribution in [1.82, 2.24) is 4.90 Å². The molecule has 194 valence electrons. The summed E-state index contributed by atoms with van der Waals surface area (Å²) in [5.74, 6) is -2.95. The number of carboxylic acids is 1. The van der Waals surface area contributed by atoms with E-state index < -0.39 is 59.0 Å². The number of nitrogens with zero attached hydrogens (tertiary/aromatic N) is 1. The summed E-state index contributed by atoms with van der Waals surface area (Å²) in [6.07, 6.45) is -12.3. The number of aliphatic carboxylic acids is 1. The fraction of sp³-hybridized carbons (Fsp3) is 0.652. The quantitative estimate of drug-likeness (QED) is 0.537. The number of carboxylic acid groups (broad SMARTS) is 1. The van der Waals surface area contributed by atoms with Crippen molar-refractivity contribution in [1.29, 1.82) is 0 Å². The summed E-state index contributed by atoms with van der Waals surface area (Å²) < 4.78 is 109. The first kappa shape index (κ1) is 25.7. The first-order chi connectivity index (χ1) is 16.1. The van der Waals surface area contributed by atoms with Crippen molar-refractivity contribution in [2.24, 2.45) is 5.92 Å². The van der Waals surface area contributed by atoms with Crippen molar-refractivity contribution >= 4 is 11.9 Å². The largest absolute Gasteiger partial charge is 0.481 e. The lowest BCUT2D eigenvalue weighted by molar-refractivity contribution is -0.348. The highest BCUT2D eigenvalue weighted by atomic mass is 19.4. The van der Waals surface area contributed by atoms with Crippen LogP contribution in [0, 0.1) is 5.92 Å². The summed E-state index contributed by atoms with van der Waals surface area (Å²) in [5.41, 5.74) is -8.70. The van der Waals surface area contributed by atoms with Crippen LogP contribution in [0.4, 0.5) is 35.1 Å². The molecular formula is C23H23F8NO3. The number of hydrogen-bond donors (Lipinski definition) is 1. The molecule has 2 aliphatic carbocycles. The molecule has 1 saturated heterocycles. The summed E-state index contributed by atoms with van der Waals surface area (Å²) in [4.78, 5) is 25.6. The van der Waals surface area contributed by atoms with E-state index in [1.165, 1.54) is 4.90 Å². The second-order valence-electron chi connectivity index (χ2n) is 9.65. The van der Waals surface area contributed by atoms with Crippen LogP contribution in [0.2, 0.25) is 0 Å². The van der Waals surface area contributed by atoms with E-state index >= 15 is 4.39 Å². The van der Waals surface area contributed by atoms with Crippen molar-refractivity contribution in [3.8, 4) is 0 Å². The lowest BCUT2D eigenvalue weighted by Gasteiger charge is -2.39. The van der Waals surface area contributed by atoms with Gasteiger partial charge < -0.3 is 10.0 Å². The molecule has 3 aliphatic rings. The van der Waals surface area contributed by atoms with Crippen LogP contribution in [0.3, 0.4) is 0 Å². The molecule has 4 nitrogen and oxygen atoms in total. The number of halogens is 8. The molecular weight excluding hydrogens is 490 g/mol. The van der Waals surface area contributed by atoms with Crippen LogP contribution in [0.15, 0.2) is 18.2 Å². The summed E-state index contributed by atoms with van der Waals surface area (Å²) in [7, 11) is 0.